The number of hydrogen-bond acceptors (Lipinski definition) is 5. The van der Waals surface area contributed by atoms with Gasteiger partial charge in [0.2, 0.25) is 9.04 Å². The molecular formula is C7H12O5Si2. The van der Waals surface area contributed by atoms with Crippen LogP contribution in [0.3, 0.4) is 0 Å². The first-order valence-corrected chi connectivity index (χ1v) is 8.01. The lowest BCUT2D eigenvalue weighted by Gasteiger charge is -2.13. The van der Waals surface area contributed by atoms with Gasteiger partial charge < -0.3 is 14.4 Å². The van der Waals surface area contributed by atoms with Gasteiger partial charge in [-0.3, -0.25) is 4.58 Å². The molecule has 1 aromatic carbocycles. The summed E-state index contributed by atoms with van der Waals surface area (Å²) in [7, 11) is -6.37. The molecule has 3 N–H and O–H groups in total. The predicted molar refractivity (Wildman–Crippen MR) is 53.7 cm³/mol. The summed E-state index contributed by atoms with van der Waals surface area (Å²) in [6.07, 6.45) is 0. The maximum absolute atomic E-state index is 8.54. The van der Waals surface area contributed by atoms with Crippen LogP contribution in [0.25, 0.3) is 0 Å². The Morgan fingerprint density at radius 3 is 2.21 bits per heavy atom. The molecule has 0 saturated carbocycles. The lowest BCUT2D eigenvalue weighted by Crippen LogP contribution is -2.43. The Bertz CT molecular complexity index is 273. The van der Waals surface area contributed by atoms with E-state index in [9.17, 15) is 0 Å². The third kappa shape index (κ3) is 4.11. The van der Waals surface area contributed by atoms with E-state index in [4.69, 9.17) is 19.0 Å². The Kier molecular flexibility index (Phi) is 3.95. The quantitative estimate of drug-likeness (QED) is 0.338. The van der Waals surface area contributed by atoms with Crippen molar-refractivity contribution in [1.82, 2.24) is 0 Å². The van der Waals surface area contributed by atoms with Gasteiger partial charge >= 0.3 is 9.05 Å². The maximum Gasteiger partial charge on any atom is 0.698 e. The summed E-state index contributed by atoms with van der Waals surface area (Å²) in [5.74, 6) is 0. The molecule has 1 unspecified atom stereocenters. The van der Waals surface area contributed by atoms with Crippen LogP contribution in [0.5, 0.6) is 0 Å². The topological polar surface area (TPSA) is 79.2 Å². The molecule has 1 aromatic rings. The molecule has 78 valence electrons. The van der Waals surface area contributed by atoms with Crippen molar-refractivity contribution in [2.75, 3.05) is 0 Å². The van der Waals surface area contributed by atoms with Crippen molar-refractivity contribution in [3.05, 3.63) is 30.3 Å². The van der Waals surface area contributed by atoms with E-state index in [0.717, 1.165) is 5.19 Å². The first-order chi connectivity index (χ1) is 6.49. The van der Waals surface area contributed by atoms with Gasteiger partial charge in [0.15, 0.2) is 0 Å². The average molecular weight is 232 g/mol. The SMILES string of the molecule is C[SiH](OO[Si](O)(O)O)c1ccccc1. The summed E-state index contributed by atoms with van der Waals surface area (Å²) < 4.78 is 8.86. The zero-order chi connectivity index (χ0) is 10.6. The van der Waals surface area contributed by atoms with Gasteiger partial charge in [-0.15, -0.1) is 0 Å². The summed E-state index contributed by atoms with van der Waals surface area (Å²) in [4.78, 5) is 25.6. The Morgan fingerprint density at radius 1 is 1.14 bits per heavy atom. The lowest BCUT2D eigenvalue weighted by atomic mass is 10.4. The van der Waals surface area contributed by atoms with E-state index in [-0.39, 0.29) is 0 Å². The van der Waals surface area contributed by atoms with E-state index in [1.165, 1.54) is 0 Å². The van der Waals surface area contributed by atoms with Gasteiger partial charge in [-0.05, 0) is 11.7 Å². The first-order valence-electron chi connectivity index (χ1n) is 4.05. The van der Waals surface area contributed by atoms with E-state index >= 15 is 0 Å². The van der Waals surface area contributed by atoms with Crippen molar-refractivity contribution in [2.24, 2.45) is 0 Å². The Hall–Kier alpha value is -0.546. The van der Waals surface area contributed by atoms with Crippen LogP contribution in [0.4, 0.5) is 0 Å². The van der Waals surface area contributed by atoms with E-state index in [1.807, 2.05) is 30.3 Å². The fourth-order valence-corrected chi connectivity index (χ4v) is 2.89. The fraction of sp³-hybridized carbons (Fsp3) is 0.143. The molecule has 0 radical (unpaired) electrons. The van der Waals surface area contributed by atoms with Crippen LogP contribution in [-0.4, -0.2) is 32.5 Å². The second-order valence-electron chi connectivity index (χ2n) is 2.81. The Balaban J connectivity index is 2.48. The van der Waals surface area contributed by atoms with Crippen molar-refractivity contribution in [3.8, 4) is 0 Å². The normalized spacial score (nSPS) is 14.0. The van der Waals surface area contributed by atoms with Crippen molar-refractivity contribution < 1.29 is 23.5 Å². The third-order valence-electron chi connectivity index (χ3n) is 1.57. The van der Waals surface area contributed by atoms with E-state index < -0.39 is 18.1 Å². The lowest BCUT2D eigenvalue weighted by molar-refractivity contribution is -0.180. The van der Waals surface area contributed by atoms with Crippen LogP contribution < -0.4 is 5.19 Å². The number of benzene rings is 1. The molecule has 0 heterocycles. The molecule has 14 heavy (non-hydrogen) atoms. The van der Waals surface area contributed by atoms with Crippen molar-refractivity contribution in [3.63, 3.8) is 0 Å². The van der Waals surface area contributed by atoms with Gasteiger partial charge in [-0.25, -0.2) is 4.58 Å². The molecule has 7 heteroatoms. The summed E-state index contributed by atoms with van der Waals surface area (Å²) in [5.41, 5.74) is 0. The first kappa shape index (κ1) is 11.5. The number of rotatable bonds is 4. The minimum absolute atomic E-state index is 0.950. The zero-order valence-corrected chi connectivity index (χ0v) is 9.78. The highest BCUT2D eigenvalue weighted by Crippen LogP contribution is 1.95. The molecule has 0 saturated heterocycles. The standard InChI is InChI=1S/C7H12O5Si2/c1-13(11-12-14(8,9)10)7-5-3-2-4-6-7/h2-6,8-10,13H,1H3. The Labute approximate surface area is 84.3 Å². The van der Waals surface area contributed by atoms with Crippen LogP contribution in [-0.2, 0) is 9.15 Å². The minimum Gasteiger partial charge on any atom is -0.366 e. The molecule has 0 aromatic heterocycles. The molecule has 0 aliphatic heterocycles. The third-order valence-corrected chi connectivity index (χ3v) is 3.79. The Morgan fingerprint density at radius 2 is 1.71 bits per heavy atom. The molecule has 0 fully saturated rings. The second-order valence-corrected chi connectivity index (χ2v) is 6.26. The molecule has 0 aliphatic carbocycles. The van der Waals surface area contributed by atoms with Gasteiger partial charge in [0.05, 0.1) is 0 Å². The zero-order valence-electron chi connectivity index (χ0n) is 7.62. The van der Waals surface area contributed by atoms with Crippen molar-refractivity contribution in [1.29, 1.82) is 0 Å². The minimum atomic E-state index is -4.54. The van der Waals surface area contributed by atoms with Crippen LogP contribution in [0, 0.1) is 0 Å². The van der Waals surface area contributed by atoms with E-state index in [0.29, 0.717) is 0 Å². The average Bonchev–Trinajstić information content (AvgIpc) is 2.14. The van der Waals surface area contributed by atoms with Gasteiger partial charge in [0, 0.05) is 0 Å². The van der Waals surface area contributed by atoms with Gasteiger partial charge in [0.25, 0.3) is 0 Å². The highest BCUT2D eigenvalue weighted by Gasteiger charge is 2.33. The van der Waals surface area contributed by atoms with Crippen molar-refractivity contribution in [2.45, 2.75) is 6.55 Å². The van der Waals surface area contributed by atoms with Crippen LogP contribution in [0.15, 0.2) is 30.3 Å². The highest BCUT2D eigenvalue weighted by atomic mass is 28.4. The molecule has 0 spiro atoms. The largest absolute Gasteiger partial charge is 0.698 e. The summed E-state index contributed by atoms with van der Waals surface area (Å²) in [5, 5.41) is 0.950. The van der Waals surface area contributed by atoms with E-state index in [1.54, 1.807) is 6.55 Å². The highest BCUT2D eigenvalue weighted by molar-refractivity contribution is 6.66. The molecule has 5 nitrogen and oxygen atoms in total. The molecule has 1 rings (SSSR count). The van der Waals surface area contributed by atoms with Crippen LogP contribution in [0.1, 0.15) is 0 Å². The molecule has 0 bridgehead atoms. The molecule has 1 atom stereocenters. The summed E-state index contributed by atoms with van der Waals surface area (Å²) in [6.45, 7) is 1.80. The summed E-state index contributed by atoms with van der Waals surface area (Å²) in [6, 6.07) is 9.29. The molecular weight excluding hydrogens is 220 g/mol. The maximum atomic E-state index is 8.54. The monoisotopic (exact) mass is 232 g/mol. The van der Waals surface area contributed by atoms with Crippen LogP contribution >= 0.6 is 0 Å². The van der Waals surface area contributed by atoms with Gasteiger partial charge in [-0.2, -0.15) is 0 Å². The molecule has 0 aliphatic rings. The predicted octanol–water partition coefficient (Wildman–Crippen LogP) is -1.39. The smallest absolute Gasteiger partial charge is 0.366 e. The van der Waals surface area contributed by atoms with Gasteiger partial charge in [0.1, 0.15) is 0 Å². The second kappa shape index (κ2) is 4.80. The van der Waals surface area contributed by atoms with Crippen LogP contribution in [0.2, 0.25) is 6.55 Å². The van der Waals surface area contributed by atoms with E-state index in [2.05, 4.69) is 4.58 Å². The fourth-order valence-electron chi connectivity index (χ4n) is 0.916. The number of hydrogen-bond donors (Lipinski definition) is 3. The van der Waals surface area contributed by atoms with Gasteiger partial charge in [-0.1, -0.05) is 30.3 Å². The van der Waals surface area contributed by atoms with Crippen molar-refractivity contribution >= 4 is 23.3 Å². The molecule has 0 amide bonds. The summed E-state index contributed by atoms with van der Waals surface area (Å²) >= 11 is 0.